The molecule has 0 bridgehead atoms. The number of piperidine rings is 1. The van der Waals surface area contributed by atoms with E-state index in [0.717, 1.165) is 29.7 Å². The van der Waals surface area contributed by atoms with Crippen molar-refractivity contribution in [3.05, 3.63) is 57.4 Å². The number of ether oxygens (including phenoxy) is 2. The number of aryl methyl sites for hydroxylation is 1. The van der Waals surface area contributed by atoms with Gasteiger partial charge in [-0.1, -0.05) is 6.07 Å². The van der Waals surface area contributed by atoms with Gasteiger partial charge in [-0.05, 0) is 37.5 Å². The van der Waals surface area contributed by atoms with Crippen LogP contribution in [0.2, 0.25) is 0 Å². The number of benzene rings is 2. The second-order valence-corrected chi connectivity index (χ2v) is 7.69. The number of carbonyl (C=O) groups is 1. The van der Waals surface area contributed by atoms with Gasteiger partial charge in [0.05, 0.1) is 36.2 Å². The first-order valence-corrected chi connectivity index (χ1v) is 10.1. The molecular formula is C22H24N4O5. The van der Waals surface area contributed by atoms with Crippen LogP contribution in [0.1, 0.15) is 40.5 Å². The number of likely N-dealkylation sites (tertiary alicyclic amines) is 1. The molecule has 1 saturated heterocycles. The van der Waals surface area contributed by atoms with E-state index >= 15 is 0 Å². The molecule has 2 heterocycles. The predicted molar refractivity (Wildman–Crippen MR) is 115 cm³/mol. The highest BCUT2D eigenvalue weighted by Crippen LogP contribution is 2.36. The van der Waals surface area contributed by atoms with E-state index in [0.29, 0.717) is 13.1 Å². The van der Waals surface area contributed by atoms with Crippen LogP contribution in [0.25, 0.3) is 11.0 Å². The van der Waals surface area contributed by atoms with Gasteiger partial charge in [0.15, 0.2) is 11.5 Å². The first kappa shape index (κ1) is 20.6. The molecule has 1 aromatic heterocycles. The molecule has 4 rings (SSSR count). The molecule has 1 fully saturated rings. The molecule has 1 N–H and O–H groups in total. The first-order valence-electron chi connectivity index (χ1n) is 10.1. The molecule has 0 radical (unpaired) electrons. The number of H-pyrrole nitrogens is 1. The summed E-state index contributed by atoms with van der Waals surface area (Å²) in [5, 5.41) is 11.5. The van der Waals surface area contributed by atoms with Gasteiger partial charge in [0.1, 0.15) is 11.4 Å². The number of methoxy groups -OCH3 is 2. The van der Waals surface area contributed by atoms with Crippen LogP contribution in [-0.2, 0) is 0 Å². The summed E-state index contributed by atoms with van der Waals surface area (Å²) in [6.45, 7) is 3.02. The fourth-order valence-corrected chi connectivity index (χ4v) is 4.05. The van der Waals surface area contributed by atoms with Crippen molar-refractivity contribution in [2.45, 2.75) is 25.7 Å². The van der Waals surface area contributed by atoms with Crippen LogP contribution >= 0.6 is 0 Å². The summed E-state index contributed by atoms with van der Waals surface area (Å²) >= 11 is 0. The maximum absolute atomic E-state index is 13.1. The number of aromatic amines is 1. The van der Waals surface area contributed by atoms with E-state index < -0.39 is 4.92 Å². The summed E-state index contributed by atoms with van der Waals surface area (Å²) in [5.41, 5.74) is 2.81. The van der Waals surface area contributed by atoms with Crippen LogP contribution in [-0.4, -0.2) is 53.0 Å². The van der Waals surface area contributed by atoms with Crippen molar-refractivity contribution >= 4 is 22.6 Å². The maximum atomic E-state index is 13.1. The number of rotatable bonds is 5. The second-order valence-electron chi connectivity index (χ2n) is 7.69. The molecule has 0 saturated carbocycles. The molecule has 0 spiro atoms. The van der Waals surface area contributed by atoms with Gasteiger partial charge >= 0.3 is 0 Å². The number of amides is 1. The second kappa shape index (κ2) is 8.25. The topological polar surface area (TPSA) is 111 Å². The minimum absolute atomic E-state index is 0.000289. The molecule has 162 valence electrons. The summed E-state index contributed by atoms with van der Waals surface area (Å²) in [4.78, 5) is 33.8. The number of hydrogen-bond acceptors (Lipinski definition) is 6. The summed E-state index contributed by atoms with van der Waals surface area (Å²) in [5.74, 6) is 1.24. The molecule has 0 atom stereocenters. The molecule has 3 aromatic rings. The molecule has 0 aliphatic carbocycles. The van der Waals surface area contributed by atoms with Crippen molar-refractivity contribution in [2.24, 2.45) is 0 Å². The smallest absolute Gasteiger partial charge is 0.286 e. The third-order valence-electron chi connectivity index (χ3n) is 5.75. The normalized spacial score (nSPS) is 14.6. The number of aromatic nitrogens is 2. The summed E-state index contributed by atoms with van der Waals surface area (Å²) in [7, 11) is 2.82. The number of nitrogens with one attached hydrogen (secondary N) is 1. The predicted octanol–water partition coefficient (Wildman–Crippen LogP) is 3.82. The van der Waals surface area contributed by atoms with Gasteiger partial charge in [-0.25, -0.2) is 4.98 Å². The van der Waals surface area contributed by atoms with Crippen LogP contribution in [0.15, 0.2) is 30.3 Å². The summed E-state index contributed by atoms with van der Waals surface area (Å²) in [6.07, 6.45) is 1.46. The first-order chi connectivity index (χ1) is 14.9. The van der Waals surface area contributed by atoms with Gasteiger partial charge in [-0.15, -0.1) is 0 Å². The Kier molecular flexibility index (Phi) is 5.50. The van der Waals surface area contributed by atoms with E-state index in [9.17, 15) is 14.9 Å². The van der Waals surface area contributed by atoms with Crippen LogP contribution < -0.4 is 9.47 Å². The van der Waals surface area contributed by atoms with Crippen LogP contribution in [0.4, 0.5) is 5.69 Å². The summed E-state index contributed by atoms with van der Waals surface area (Å²) in [6, 6.07) is 8.71. The minimum Gasteiger partial charge on any atom is -0.493 e. The number of nitro groups is 1. The van der Waals surface area contributed by atoms with E-state index in [1.54, 1.807) is 4.90 Å². The van der Waals surface area contributed by atoms with Crippen LogP contribution in [0.3, 0.4) is 0 Å². The van der Waals surface area contributed by atoms with Gasteiger partial charge < -0.3 is 19.4 Å². The van der Waals surface area contributed by atoms with Gasteiger partial charge in [0.2, 0.25) is 0 Å². The molecule has 9 heteroatoms. The zero-order valence-corrected chi connectivity index (χ0v) is 17.7. The Bertz CT molecular complexity index is 1150. The highest BCUT2D eigenvalue weighted by molar-refractivity contribution is 5.99. The van der Waals surface area contributed by atoms with Crippen LogP contribution in [0, 0.1) is 17.0 Å². The van der Waals surface area contributed by atoms with Gasteiger partial charge in [0, 0.05) is 25.1 Å². The molecule has 1 amide bonds. The lowest BCUT2D eigenvalue weighted by Gasteiger charge is -2.31. The Morgan fingerprint density at radius 3 is 2.48 bits per heavy atom. The van der Waals surface area contributed by atoms with Crippen molar-refractivity contribution in [3.63, 3.8) is 0 Å². The lowest BCUT2D eigenvalue weighted by atomic mass is 9.95. The molecule has 2 aromatic carbocycles. The third-order valence-corrected chi connectivity index (χ3v) is 5.75. The lowest BCUT2D eigenvalue weighted by Crippen LogP contribution is -2.38. The highest BCUT2D eigenvalue weighted by Gasteiger charge is 2.31. The van der Waals surface area contributed by atoms with Gasteiger partial charge in [-0.2, -0.15) is 0 Å². The number of imidazole rings is 1. The third kappa shape index (κ3) is 3.90. The molecule has 1 aliphatic rings. The Hall–Kier alpha value is -3.62. The average molecular weight is 424 g/mol. The number of carbonyl (C=O) groups excluding carboxylic acids is 1. The van der Waals surface area contributed by atoms with Crippen LogP contribution in [0.5, 0.6) is 11.5 Å². The molecule has 1 aliphatic heterocycles. The van der Waals surface area contributed by atoms with Crippen molar-refractivity contribution < 1.29 is 19.2 Å². The van der Waals surface area contributed by atoms with E-state index in [-0.39, 0.29) is 34.6 Å². The average Bonchev–Trinajstić information content (AvgIpc) is 3.20. The van der Waals surface area contributed by atoms with Gasteiger partial charge in [-0.3, -0.25) is 14.9 Å². The van der Waals surface area contributed by atoms with Crippen molar-refractivity contribution in [2.75, 3.05) is 27.3 Å². The van der Waals surface area contributed by atoms with E-state index in [1.807, 2.05) is 19.1 Å². The van der Waals surface area contributed by atoms with Crippen molar-refractivity contribution in [3.8, 4) is 11.5 Å². The highest BCUT2D eigenvalue weighted by atomic mass is 16.6. The number of hydrogen-bond donors (Lipinski definition) is 1. The fraction of sp³-hybridized carbons (Fsp3) is 0.364. The Morgan fingerprint density at radius 2 is 1.84 bits per heavy atom. The Balaban J connectivity index is 1.53. The molecule has 9 nitrogen and oxygen atoms in total. The number of nitrogens with zero attached hydrogens (tertiary/aromatic N) is 3. The largest absolute Gasteiger partial charge is 0.493 e. The van der Waals surface area contributed by atoms with E-state index in [1.165, 1.54) is 31.9 Å². The number of fused-ring (bicyclic) bond motifs is 1. The fourth-order valence-electron chi connectivity index (χ4n) is 4.05. The molecule has 0 unspecified atom stereocenters. The summed E-state index contributed by atoms with van der Waals surface area (Å²) < 4.78 is 10.4. The van der Waals surface area contributed by atoms with Crippen molar-refractivity contribution in [1.82, 2.24) is 14.9 Å². The van der Waals surface area contributed by atoms with Crippen molar-refractivity contribution in [1.29, 1.82) is 0 Å². The SMILES string of the molecule is COc1cc(C(=O)N2CCC(c3nc4ccc(C)cc4[nH]3)CC2)c([N+](=O)[O-])cc1OC. The van der Waals surface area contributed by atoms with E-state index in [2.05, 4.69) is 11.1 Å². The molecular weight excluding hydrogens is 400 g/mol. The lowest BCUT2D eigenvalue weighted by molar-refractivity contribution is -0.385. The Labute approximate surface area is 179 Å². The van der Waals surface area contributed by atoms with E-state index in [4.69, 9.17) is 14.5 Å². The zero-order valence-electron chi connectivity index (χ0n) is 17.7. The monoisotopic (exact) mass is 424 g/mol. The zero-order chi connectivity index (χ0) is 22.1. The quantitative estimate of drug-likeness (QED) is 0.492. The standard InChI is InChI=1S/C22H24N4O5/c1-13-4-5-16-17(10-13)24-21(23-16)14-6-8-25(9-7-14)22(27)15-11-19(30-2)20(31-3)12-18(15)26(28)29/h4-5,10-12,14H,6-9H2,1-3H3,(H,23,24). The minimum atomic E-state index is -0.571. The van der Waals surface area contributed by atoms with Gasteiger partial charge in [0.25, 0.3) is 11.6 Å². The number of nitro benzene ring substituents is 1. The molecule has 31 heavy (non-hydrogen) atoms. The maximum Gasteiger partial charge on any atom is 0.286 e. The Morgan fingerprint density at radius 1 is 1.16 bits per heavy atom.